The van der Waals surface area contributed by atoms with Crippen LogP contribution in [-0.4, -0.2) is 23.3 Å². The van der Waals surface area contributed by atoms with E-state index in [-0.39, 0.29) is 18.4 Å². The van der Waals surface area contributed by atoms with E-state index in [4.69, 9.17) is 4.74 Å². The molecular weight excluding hydrogens is 472 g/mol. The molecule has 0 aliphatic heterocycles. The van der Waals surface area contributed by atoms with Crippen molar-refractivity contribution < 1.29 is 18.9 Å². The summed E-state index contributed by atoms with van der Waals surface area (Å²) in [6.45, 7) is 9.53. The van der Waals surface area contributed by atoms with Crippen LogP contribution in [0.2, 0.25) is 0 Å². The van der Waals surface area contributed by atoms with Crippen LogP contribution in [0.5, 0.6) is 5.75 Å². The van der Waals surface area contributed by atoms with Gasteiger partial charge in [-0.1, -0.05) is 90.5 Å². The normalized spacial score (nSPS) is 10.9. The maximum Gasteiger partial charge on any atom is 0.261 e. The Morgan fingerprint density at radius 2 is 1.45 bits per heavy atom. The molecule has 1 aromatic carbocycles. The maximum absolute atomic E-state index is 13.3. The minimum Gasteiger partial charge on any atom is -0.494 e. The van der Waals surface area contributed by atoms with Crippen molar-refractivity contribution in [3.05, 3.63) is 59.4 Å². The number of carbonyl (C=O) groups excluding carboxylic acids is 2. The maximum atomic E-state index is 13.3. The van der Waals surface area contributed by atoms with E-state index in [1.165, 1.54) is 82.5 Å². The Morgan fingerprint density at radius 1 is 0.816 bits per heavy atom. The van der Waals surface area contributed by atoms with Crippen molar-refractivity contribution in [2.75, 3.05) is 6.61 Å². The van der Waals surface area contributed by atoms with Crippen LogP contribution >= 0.6 is 0 Å². The highest BCUT2D eigenvalue weighted by Crippen LogP contribution is 2.20. The van der Waals surface area contributed by atoms with E-state index in [0.717, 1.165) is 36.4 Å². The Balaban J connectivity index is 1.76. The first-order valence-corrected chi connectivity index (χ1v) is 15.0. The first-order chi connectivity index (χ1) is 18.5. The van der Waals surface area contributed by atoms with Gasteiger partial charge in [0.25, 0.3) is 5.91 Å². The molecule has 38 heavy (non-hydrogen) atoms. The molecule has 0 aliphatic rings. The molecule has 0 bridgehead atoms. The van der Waals surface area contributed by atoms with Crippen LogP contribution in [0.4, 0.5) is 0 Å². The molecule has 210 valence electrons. The molecule has 0 aliphatic carbocycles. The first kappa shape index (κ1) is 31.5. The molecule has 5 heteroatoms. The summed E-state index contributed by atoms with van der Waals surface area (Å²) in [7, 11) is 0. The van der Waals surface area contributed by atoms with Crippen molar-refractivity contribution in [1.82, 2.24) is 4.90 Å². The summed E-state index contributed by atoms with van der Waals surface area (Å²) < 4.78 is 8.06. The van der Waals surface area contributed by atoms with Crippen molar-refractivity contribution in [2.24, 2.45) is 0 Å². The number of carbonyl (C=O) groups is 2. The minimum absolute atomic E-state index is 0.256. The van der Waals surface area contributed by atoms with Crippen molar-refractivity contribution in [1.29, 1.82) is 0 Å². The summed E-state index contributed by atoms with van der Waals surface area (Å²) in [5.41, 5.74) is 2.30. The molecule has 2 rings (SSSR count). The predicted molar refractivity (Wildman–Crippen MR) is 155 cm³/mol. The summed E-state index contributed by atoms with van der Waals surface area (Å²) in [5, 5.41) is 0. The molecule has 0 radical (unpaired) electrons. The lowest BCUT2D eigenvalue weighted by Gasteiger charge is -2.20. The number of benzene rings is 1. The van der Waals surface area contributed by atoms with Gasteiger partial charge in [-0.3, -0.25) is 14.5 Å². The van der Waals surface area contributed by atoms with Crippen LogP contribution in [-0.2, 0) is 17.9 Å². The van der Waals surface area contributed by atoms with Crippen LogP contribution < -0.4 is 9.30 Å². The summed E-state index contributed by atoms with van der Waals surface area (Å²) in [5.74, 6) is 0.253. The molecule has 2 aromatic rings. The average Bonchev–Trinajstić information content (AvgIpc) is 2.90. The summed E-state index contributed by atoms with van der Waals surface area (Å²) in [6, 6.07) is 11.4. The smallest absolute Gasteiger partial charge is 0.261 e. The fourth-order valence-corrected chi connectivity index (χ4v) is 4.85. The average molecular weight is 524 g/mol. The Morgan fingerprint density at radius 3 is 2.03 bits per heavy atom. The summed E-state index contributed by atoms with van der Waals surface area (Å²) in [6.07, 6.45) is 18.8. The standard InChI is InChI=1S/C33H51N2O3/c1-5-7-8-9-10-11-12-13-14-15-16-19-25-38-31-21-22-32(28(3)26-31)33(37)35(29(4)36)27-30-20-17-18-24-34(30)23-6-2/h17-18,20-22,24,26H,5-16,19,23,25,27H2,1-4H3/q+1. The van der Waals surface area contributed by atoms with Gasteiger partial charge in [0.05, 0.1) is 6.61 Å². The third-order valence-corrected chi connectivity index (χ3v) is 7.14. The highest BCUT2D eigenvalue weighted by atomic mass is 16.5. The van der Waals surface area contributed by atoms with Gasteiger partial charge >= 0.3 is 0 Å². The number of unbranched alkanes of at least 4 members (excludes halogenated alkanes) is 11. The zero-order valence-corrected chi connectivity index (χ0v) is 24.5. The van der Waals surface area contributed by atoms with E-state index < -0.39 is 0 Å². The number of hydrogen-bond donors (Lipinski definition) is 0. The number of nitrogens with zero attached hydrogens (tertiary/aromatic N) is 2. The van der Waals surface area contributed by atoms with E-state index in [0.29, 0.717) is 12.2 Å². The lowest BCUT2D eigenvalue weighted by molar-refractivity contribution is -0.704. The number of imide groups is 1. The fourth-order valence-electron chi connectivity index (χ4n) is 4.85. The van der Waals surface area contributed by atoms with Crippen molar-refractivity contribution in [3.63, 3.8) is 0 Å². The lowest BCUT2D eigenvalue weighted by atomic mass is 10.1. The molecule has 0 N–H and O–H groups in total. The molecule has 2 amide bonds. The Labute approximate surface area is 231 Å². The van der Waals surface area contributed by atoms with Gasteiger partial charge in [0.1, 0.15) is 18.8 Å². The van der Waals surface area contributed by atoms with Crippen molar-refractivity contribution in [3.8, 4) is 5.75 Å². The van der Waals surface area contributed by atoms with E-state index in [9.17, 15) is 9.59 Å². The largest absolute Gasteiger partial charge is 0.494 e. The van der Waals surface area contributed by atoms with Gasteiger partial charge in [0.15, 0.2) is 6.20 Å². The number of ether oxygens (including phenoxy) is 1. The van der Waals surface area contributed by atoms with Crippen molar-refractivity contribution in [2.45, 2.75) is 124 Å². The monoisotopic (exact) mass is 523 g/mol. The number of amides is 2. The van der Waals surface area contributed by atoms with Gasteiger partial charge in [0, 0.05) is 31.0 Å². The second-order valence-corrected chi connectivity index (χ2v) is 10.5. The molecule has 0 saturated carbocycles. The predicted octanol–water partition coefficient (Wildman–Crippen LogP) is 7.96. The van der Waals surface area contributed by atoms with Gasteiger partial charge < -0.3 is 4.74 Å². The van der Waals surface area contributed by atoms with Crippen LogP contribution in [0.15, 0.2) is 42.6 Å². The second-order valence-electron chi connectivity index (χ2n) is 10.5. The molecule has 0 unspecified atom stereocenters. The van der Waals surface area contributed by atoms with E-state index >= 15 is 0 Å². The Kier molecular flexibility index (Phi) is 15.4. The number of aromatic nitrogens is 1. The third-order valence-electron chi connectivity index (χ3n) is 7.14. The zero-order chi connectivity index (χ0) is 27.6. The zero-order valence-electron chi connectivity index (χ0n) is 24.5. The van der Waals surface area contributed by atoms with E-state index in [1.807, 2.05) is 43.5 Å². The Hall–Kier alpha value is -2.69. The molecule has 1 aromatic heterocycles. The van der Waals surface area contributed by atoms with Gasteiger partial charge in [-0.05, 0) is 37.1 Å². The van der Waals surface area contributed by atoms with Gasteiger partial charge in [0.2, 0.25) is 11.6 Å². The summed E-state index contributed by atoms with van der Waals surface area (Å²) in [4.78, 5) is 27.1. The van der Waals surface area contributed by atoms with Gasteiger partial charge in [-0.15, -0.1) is 0 Å². The third kappa shape index (κ3) is 11.4. The Bertz CT molecular complexity index is 972. The van der Waals surface area contributed by atoms with Crippen LogP contribution in [0.25, 0.3) is 0 Å². The van der Waals surface area contributed by atoms with Gasteiger partial charge in [-0.25, -0.2) is 4.57 Å². The molecule has 1 heterocycles. The number of pyridine rings is 1. The van der Waals surface area contributed by atoms with Gasteiger partial charge in [-0.2, -0.15) is 0 Å². The molecule has 0 spiro atoms. The molecule has 5 nitrogen and oxygen atoms in total. The first-order valence-electron chi connectivity index (χ1n) is 15.0. The lowest BCUT2D eigenvalue weighted by Crippen LogP contribution is -2.43. The van der Waals surface area contributed by atoms with Crippen LogP contribution in [0.1, 0.15) is 126 Å². The molecule has 0 atom stereocenters. The number of rotatable bonds is 19. The number of aryl methyl sites for hydroxylation is 2. The highest BCUT2D eigenvalue weighted by Gasteiger charge is 2.25. The van der Waals surface area contributed by atoms with Crippen molar-refractivity contribution >= 4 is 11.8 Å². The SMILES string of the molecule is CCCCCCCCCCCCCCOc1ccc(C(=O)N(Cc2cccc[n+]2CCC)C(C)=O)c(C)c1. The van der Waals surface area contributed by atoms with Crippen LogP contribution in [0.3, 0.4) is 0 Å². The van der Waals surface area contributed by atoms with E-state index in [1.54, 1.807) is 6.07 Å². The van der Waals surface area contributed by atoms with Crippen LogP contribution in [0, 0.1) is 6.92 Å². The molecule has 0 saturated heterocycles. The minimum atomic E-state index is -0.269. The fraction of sp³-hybridized carbons (Fsp3) is 0.606. The topological polar surface area (TPSA) is 50.5 Å². The molecular formula is C33H51N2O3+. The number of hydrogen-bond acceptors (Lipinski definition) is 3. The van der Waals surface area contributed by atoms with E-state index in [2.05, 4.69) is 18.4 Å². The molecule has 0 fully saturated rings. The summed E-state index contributed by atoms with van der Waals surface area (Å²) >= 11 is 0. The quantitative estimate of drug-likeness (QED) is 0.139. The second kappa shape index (κ2) is 18.5. The highest BCUT2D eigenvalue weighted by molar-refractivity contribution is 6.04.